The third-order valence-corrected chi connectivity index (χ3v) is 3.85. The first-order valence-electron chi connectivity index (χ1n) is 5.81. The standard InChI is InChI=1S/C13H20N4/c1-12(2,13(3,4)14)11-16-9-6-7-15-8-10(9)17(11)5/h6-8H,14H2,1-5H3. The molecule has 0 aliphatic rings. The van der Waals surface area contributed by atoms with Crippen LogP contribution in [0.3, 0.4) is 0 Å². The maximum Gasteiger partial charge on any atom is 0.117 e. The van der Waals surface area contributed by atoms with E-state index in [2.05, 4.69) is 23.4 Å². The van der Waals surface area contributed by atoms with Gasteiger partial charge in [-0.05, 0) is 19.9 Å². The Balaban J connectivity index is 2.68. The Hall–Kier alpha value is -1.42. The number of pyridine rings is 1. The monoisotopic (exact) mass is 232 g/mol. The summed E-state index contributed by atoms with van der Waals surface area (Å²) in [7, 11) is 2.01. The van der Waals surface area contributed by atoms with Crippen molar-refractivity contribution in [3.05, 3.63) is 24.3 Å². The van der Waals surface area contributed by atoms with Crippen LogP contribution in [-0.2, 0) is 12.5 Å². The van der Waals surface area contributed by atoms with Gasteiger partial charge in [0.1, 0.15) is 5.82 Å². The van der Waals surface area contributed by atoms with Gasteiger partial charge in [-0.3, -0.25) is 4.98 Å². The first kappa shape index (κ1) is 12.0. The van der Waals surface area contributed by atoms with Crippen LogP contribution < -0.4 is 5.73 Å². The van der Waals surface area contributed by atoms with Gasteiger partial charge in [-0.15, -0.1) is 0 Å². The molecule has 2 aromatic heterocycles. The van der Waals surface area contributed by atoms with Gasteiger partial charge >= 0.3 is 0 Å². The molecule has 0 aliphatic carbocycles. The predicted molar refractivity (Wildman–Crippen MR) is 69.8 cm³/mol. The third-order valence-electron chi connectivity index (χ3n) is 3.85. The van der Waals surface area contributed by atoms with Crippen molar-refractivity contribution in [1.82, 2.24) is 14.5 Å². The van der Waals surface area contributed by atoms with Crippen LogP contribution in [0.2, 0.25) is 0 Å². The minimum Gasteiger partial charge on any atom is -0.329 e. The van der Waals surface area contributed by atoms with E-state index >= 15 is 0 Å². The highest BCUT2D eigenvalue weighted by Crippen LogP contribution is 2.33. The number of aromatic nitrogens is 3. The van der Waals surface area contributed by atoms with Gasteiger partial charge in [-0.25, -0.2) is 4.98 Å². The lowest BCUT2D eigenvalue weighted by Crippen LogP contribution is -2.51. The second kappa shape index (κ2) is 3.53. The second-order valence-corrected chi connectivity index (χ2v) is 5.71. The lowest BCUT2D eigenvalue weighted by molar-refractivity contribution is 0.286. The number of fused-ring (bicyclic) bond motifs is 1. The predicted octanol–water partition coefficient (Wildman–Crippen LogP) is 1.98. The molecule has 0 atom stereocenters. The minimum atomic E-state index is -0.338. The molecule has 0 saturated heterocycles. The van der Waals surface area contributed by atoms with Gasteiger partial charge in [-0.2, -0.15) is 0 Å². The summed E-state index contributed by atoms with van der Waals surface area (Å²) in [5.41, 5.74) is 7.73. The first-order valence-corrected chi connectivity index (χ1v) is 5.81. The van der Waals surface area contributed by atoms with Crippen LogP contribution >= 0.6 is 0 Å². The molecule has 92 valence electrons. The summed E-state index contributed by atoms with van der Waals surface area (Å²) in [5.74, 6) is 0.994. The topological polar surface area (TPSA) is 56.7 Å². The van der Waals surface area contributed by atoms with Crippen molar-refractivity contribution in [3.8, 4) is 0 Å². The molecule has 2 heterocycles. The number of rotatable bonds is 2. The fourth-order valence-electron chi connectivity index (χ4n) is 1.88. The van der Waals surface area contributed by atoms with Gasteiger partial charge in [0.25, 0.3) is 0 Å². The third kappa shape index (κ3) is 1.72. The number of nitrogens with two attached hydrogens (primary N) is 1. The van der Waals surface area contributed by atoms with E-state index in [0.29, 0.717) is 0 Å². The summed E-state index contributed by atoms with van der Waals surface area (Å²) in [6.45, 7) is 8.32. The summed E-state index contributed by atoms with van der Waals surface area (Å²) in [6, 6.07) is 1.93. The molecule has 0 aliphatic heterocycles. The number of hydrogen-bond donors (Lipinski definition) is 1. The summed E-state index contributed by atoms with van der Waals surface area (Å²) in [6.07, 6.45) is 3.60. The van der Waals surface area contributed by atoms with Crippen molar-refractivity contribution < 1.29 is 0 Å². The zero-order valence-corrected chi connectivity index (χ0v) is 11.2. The van der Waals surface area contributed by atoms with Gasteiger partial charge in [0.15, 0.2) is 0 Å². The molecule has 4 nitrogen and oxygen atoms in total. The number of hydrogen-bond acceptors (Lipinski definition) is 3. The quantitative estimate of drug-likeness (QED) is 0.861. The number of nitrogens with zero attached hydrogens (tertiary/aromatic N) is 3. The molecular weight excluding hydrogens is 212 g/mol. The van der Waals surface area contributed by atoms with Crippen LogP contribution in [0, 0.1) is 0 Å². The van der Waals surface area contributed by atoms with Crippen molar-refractivity contribution in [1.29, 1.82) is 0 Å². The van der Waals surface area contributed by atoms with Crippen molar-refractivity contribution in [2.45, 2.75) is 38.6 Å². The van der Waals surface area contributed by atoms with E-state index in [-0.39, 0.29) is 11.0 Å². The van der Waals surface area contributed by atoms with Gasteiger partial charge in [-0.1, -0.05) is 13.8 Å². The Morgan fingerprint density at radius 1 is 1.24 bits per heavy atom. The van der Waals surface area contributed by atoms with Gasteiger partial charge in [0.2, 0.25) is 0 Å². The van der Waals surface area contributed by atoms with Crippen molar-refractivity contribution in [2.75, 3.05) is 0 Å². The van der Waals surface area contributed by atoms with Crippen LogP contribution in [0.1, 0.15) is 33.5 Å². The molecule has 17 heavy (non-hydrogen) atoms. The number of imidazole rings is 1. The zero-order valence-electron chi connectivity index (χ0n) is 11.2. The summed E-state index contributed by atoms with van der Waals surface area (Å²) < 4.78 is 2.08. The van der Waals surface area contributed by atoms with Gasteiger partial charge < -0.3 is 10.3 Å². The highest BCUT2D eigenvalue weighted by molar-refractivity contribution is 5.74. The maximum atomic E-state index is 6.27. The van der Waals surface area contributed by atoms with Gasteiger partial charge in [0.05, 0.1) is 17.2 Å². The molecule has 4 heteroatoms. The fraction of sp³-hybridized carbons (Fsp3) is 0.538. The molecule has 2 aromatic rings. The molecule has 0 unspecified atom stereocenters. The van der Waals surface area contributed by atoms with Gasteiger partial charge in [0, 0.05) is 24.2 Å². The van der Waals surface area contributed by atoms with E-state index in [1.54, 1.807) is 6.20 Å². The minimum absolute atomic E-state index is 0.208. The molecule has 0 fully saturated rings. The van der Waals surface area contributed by atoms with Crippen LogP contribution in [0.4, 0.5) is 0 Å². The summed E-state index contributed by atoms with van der Waals surface area (Å²) >= 11 is 0. The molecule has 0 aromatic carbocycles. The van der Waals surface area contributed by atoms with E-state index < -0.39 is 0 Å². The number of aryl methyl sites for hydroxylation is 1. The Morgan fingerprint density at radius 3 is 2.41 bits per heavy atom. The lowest BCUT2D eigenvalue weighted by Gasteiger charge is -2.37. The molecule has 2 N–H and O–H groups in total. The highest BCUT2D eigenvalue weighted by Gasteiger charge is 2.38. The molecule has 0 saturated carbocycles. The van der Waals surface area contributed by atoms with E-state index in [0.717, 1.165) is 16.9 Å². The smallest absolute Gasteiger partial charge is 0.117 e. The van der Waals surface area contributed by atoms with E-state index in [1.165, 1.54) is 0 Å². The van der Waals surface area contributed by atoms with E-state index in [9.17, 15) is 0 Å². The lowest BCUT2D eigenvalue weighted by atomic mass is 9.74. The molecule has 0 spiro atoms. The SMILES string of the molecule is Cn1c(C(C)(C)C(C)(C)N)nc2ccncc21. The Bertz CT molecular complexity index is 546. The Labute approximate surface area is 102 Å². The van der Waals surface area contributed by atoms with Crippen LogP contribution in [0.25, 0.3) is 11.0 Å². The largest absolute Gasteiger partial charge is 0.329 e. The average Bonchev–Trinajstić information content (AvgIpc) is 2.56. The fourth-order valence-corrected chi connectivity index (χ4v) is 1.88. The Morgan fingerprint density at radius 2 is 1.88 bits per heavy atom. The van der Waals surface area contributed by atoms with Crippen molar-refractivity contribution >= 4 is 11.0 Å². The van der Waals surface area contributed by atoms with Crippen molar-refractivity contribution in [3.63, 3.8) is 0 Å². The van der Waals surface area contributed by atoms with Crippen LogP contribution in [0.15, 0.2) is 18.5 Å². The molecule has 0 radical (unpaired) electrons. The molecule has 0 amide bonds. The zero-order chi connectivity index (χ0) is 12.8. The van der Waals surface area contributed by atoms with Crippen LogP contribution in [-0.4, -0.2) is 20.1 Å². The highest BCUT2D eigenvalue weighted by atomic mass is 15.1. The van der Waals surface area contributed by atoms with Crippen molar-refractivity contribution in [2.24, 2.45) is 12.8 Å². The molecule has 2 rings (SSSR count). The second-order valence-electron chi connectivity index (χ2n) is 5.71. The molecule has 0 bridgehead atoms. The van der Waals surface area contributed by atoms with E-state index in [1.807, 2.05) is 33.2 Å². The van der Waals surface area contributed by atoms with Crippen LogP contribution in [0.5, 0.6) is 0 Å². The maximum absolute atomic E-state index is 6.27. The Kier molecular flexibility index (Phi) is 2.51. The molecular formula is C13H20N4. The normalized spacial score (nSPS) is 13.3. The summed E-state index contributed by atoms with van der Waals surface area (Å²) in [5, 5.41) is 0. The van der Waals surface area contributed by atoms with E-state index in [4.69, 9.17) is 10.7 Å². The average molecular weight is 232 g/mol. The first-order chi connectivity index (χ1) is 7.75. The summed E-state index contributed by atoms with van der Waals surface area (Å²) in [4.78, 5) is 8.83.